The molecule has 0 aliphatic heterocycles. The number of hydrogen-bond acceptors (Lipinski definition) is 2. The van der Waals surface area contributed by atoms with E-state index >= 15 is 0 Å². The highest BCUT2D eigenvalue weighted by molar-refractivity contribution is 5.43. The van der Waals surface area contributed by atoms with Crippen molar-refractivity contribution in [1.29, 1.82) is 0 Å². The summed E-state index contributed by atoms with van der Waals surface area (Å²) in [7, 11) is 1.77. The second-order valence-electron chi connectivity index (χ2n) is 5.95. The lowest BCUT2D eigenvalue weighted by Gasteiger charge is -2.25. The van der Waals surface area contributed by atoms with Crippen molar-refractivity contribution in [3.8, 4) is 5.75 Å². The Labute approximate surface area is 110 Å². The molecule has 0 atom stereocenters. The van der Waals surface area contributed by atoms with Crippen LogP contribution in [0.1, 0.15) is 62.0 Å². The molecule has 2 saturated carbocycles. The molecule has 2 fully saturated rings. The normalized spacial score (nSPS) is 22.8. The predicted molar refractivity (Wildman–Crippen MR) is 73.9 cm³/mol. The topological polar surface area (TPSA) is 35.2 Å². The minimum atomic E-state index is -0.0321. The molecule has 0 saturated heterocycles. The summed E-state index contributed by atoms with van der Waals surface area (Å²) in [6.07, 6.45) is 8.96. The van der Waals surface area contributed by atoms with Crippen molar-refractivity contribution < 1.29 is 4.74 Å². The fraction of sp³-hybridized carbons (Fsp3) is 0.625. The summed E-state index contributed by atoms with van der Waals surface area (Å²) < 4.78 is 5.55. The van der Waals surface area contributed by atoms with Crippen LogP contribution in [0.25, 0.3) is 0 Å². The lowest BCUT2D eigenvalue weighted by atomic mass is 9.82. The first-order valence-electron chi connectivity index (χ1n) is 7.20. The van der Waals surface area contributed by atoms with Gasteiger partial charge < -0.3 is 10.5 Å². The van der Waals surface area contributed by atoms with E-state index in [4.69, 9.17) is 10.5 Å². The predicted octanol–water partition coefficient (Wildman–Crippen LogP) is 3.69. The van der Waals surface area contributed by atoms with Crippen molar-refractivity contribution in [2.75, 3.05) is 7.11 Å². The molecule has 2 aliphatic rings. The van der Waals surface area contributed by atoms with Crippen molar-refractivity contribution >= 4 is 0 Å². The molecule has 1 aromatic carbocycles. The first kappa shape index (κ1) is 12.0. The van der Waals surface area contributed by atoms with Gasteiger partial charge in [-0.3, -0.25) is 0 Å². The number of rotatable bonds is 3. The molecule has 3 rings (SSSR count). The van der Waals surface area contributed by atoms with E-state index < -0.39 is 0 Å². The quantitative estimate of drug-likeness (QED) is 0.881. The smallest absolute Gasteiger partial charge is 0.122 e. The fourth-order valence-electron chi connectivity index (χ4n) is 3.20. The van der Waals surface area contributed by atoms with Gasteiger partial charge in [-0.25, -0.2) is 0 Å². The lowest BCUT2D eigenvalue weighted by Crippen LogP contribution is -2.19. The molecule has 2 aliphatic carbocycles. The number of ether oxygens (including phenoxy) is 1. The molecule has 1 aromatic rings. The van der Waals surface area contributed by atoms with Crippen LogP contribution in [0.5, 0.6) is 5.75 Å². The first-order valence-corrected chi connectivity index (χ1v) is 7.20. The van der Waals surface area contributed by atoms with Crippen LogP contribution in [0.3, 0.4) is 0 Å². The average Bonchev–Trinajstić information content (AvgIpc) is 3.18. The van der Waals surface area contributed by atoms with Gasteiger partial charge in [0.25, 0.3) is 0 Å². The van der Waals surface area contributed by atoms with E-state index in [1.54, 1.807) is 7.11 Å². The summed E-state index contributed by atoms with van der Waals surface area (Å²) in [5.41, 5.74) is 8.99. The third-order valence-electron chi connectivity index (χ3n) is 4.64. The summed E-state index contributed by atoms with van der Waals surface area (Å²) >= 11 is 0. The Morgan fingerprint density at radius 2 is 1.89 bits per heavy atom. The molecule has 18 heavy (non-hydrogen) atoms. The molecule has 98 valence electrons. The van der Waals surface area contributed by atoms with Crippen LogP contribution in [0.2, 0.25) is 0 Å². The third kappa shape index (κ3) is 2.14. The molecule has 0 spiro atoms. The van der Waals surface area contributed by atoms with E-state index in [-0.39, 0.29) is 5.54 Å². The van der Waals surface area contributed by atoms with Gasteiger partial charge in [-0.2, -0.15) is 0 Å². The largest absolute Gasteiger partial charge is 0.496 e. The minimum Gasteiger partial charge on any atom is -0.496 e. The molecule has 2 nitrogen and oxygen atoms in total. The zero-order valence-electron chi connectivity index (χ0n) is 11.2. The second-order valence-corrected chi connectivity index (χ2v) is 5.95. The van der Waals surface area contributed by atoms with Crippen molar-refractivity contribution in [1.82, 2.24) is 0 Å². The van der Waals surface area contributed by atoms with Crippen LogP contribution in [-0.2, 0) is 5.54 Å². The SMILES string of the molecule is COc1ccc(C2(N)CC2)cc1C1CCCCC1. The maximum atomic E-state index is 6.32. The summed E-state index contributed by atoms with van der Waals surface area (Å²) in [4.78, 5) is 0. The monoisotopic (exact) mass is 245 g/mol. The van der Waals surface area contributed by atoms with Crippen LogP contribution in [-0.4, -0.2) is 7.11 Å². The van der Waals surface area contributed by atoms with Crippen molar-refractivity contribution in [3.63, 3.8) is 0 Å². The van der Waals surface area contributed by atoms with Crippen LogP contribution in [0.4, 0.5) is 0 Å². The molecule has 0 radical (unpaired) electrons. The molecule has 0 aromatic heterocycles. The Kier molecular flexibility index (Phi) is 3.06. The van der Waals surface area contributed by atoms with Gasteiger partial charge in [0.15, 0.2) is 0 Å². The van der Waals surface area contributed by atoms with Gasteiger partial charge in [-0.15, -0.1) is 0 Å². The van der Waals surface area contributed by atoms with Gasteiger partial charge >= 0.3 is 0 Å². The Bertz CT molecular complexity index is 431. The summed E-state index contributed by atoms with van der Waals surface area (Å²) in [6.45, 7) is 0. The van der Waals surface area contributed by atoms with E-state index in [1.165, 1.54) is 43.2 Å². The van der Waals surface area contributed by atoms with Crippen LogP contribution >= 0.6 is 0 Å². The van der Waals surface area contributed by atoms with E-state index in [9.17, 15) is 0 Å². The van der Waals surface area contributed by atoms with Gasteiger partial charge in [0, 0.05) is 5.54 Å². The highest BCUT2D eigenvalue weighted by Gasteiger charge is 2.40. The van der Waals surface area contributed by atoms with Gasteiger partial charge in [0.1, 0.15) is 5.75 Å². The molecular formula is C16H23NO. The molecule has 2 heteroatoms. The zero-order chi connectivity index (χ0) is 12.6. The molecular weight excluding hydrogens is 222 g/mol. The second kappa shape index (κ2) is 4.58. The molecule has 0 heterocycles. The summed E-state index contributed by atoms with van der Waals surface area (Å²) in [6, 6.07) is 6.59. The lowest BCUT2D eigenvalue weighted by molar-refractivity contribution is 0.386. The number of methoxy groups -OCH3 is 1. The Morgan fingerprint density at radius 1 is 1.17 bits per heavy atom. The van der Waals surface area contributed by atoms with Gasteiger partial charge in [0.2, 0.25) is 0 Å². The van der Waals surface area contributed by atoms with E-state index in [1.807, 2.05) is 0 Å². The average molecular weight is 245 g/mol. The maximum absolute atomic E-state index is 6.32. The van der Waals surface area contributed by atoms with Crippen LogP contribution < -0.4 is 10.5 Å². The minimum absolute atomic E-state index is 0.0321. The Morgan fingerprint density at radius 3 is 2.50 bits per heavy atom. The van der Waals surface area contributed by atoms with Gasteiger partial charge in [-0.1, -0.05) is 25.3 Å². The van der Waals surface area contributed by atoms with E-state index in [0.717, 1.165) is 18.6 Å². The van der Waals surface area contributed by atoms with Crippen molar-refractivity contribution in [3.05, 3.63) is 29.3 Å². The van der Waals surface area contributed by atoms with Crippen LogP contribution in [0.15, 0.2) is 18.2 Å². The summed E-state index contributed by atoms with van der Waals surface area (Å²) in [5, 5.41) is 0. The van der Waals surface area contributed by atoms with Gasteiger partial charge in [0.05, 0.1) is 7.11 Å². The highest BCUT2D eigenvalue weighted by Crippen LogP contribution is 2.45. The zero-order valence-corrected chi connectivity index (χ0v) is 11.2. The third-order valence-corrected chi connectivity index (χ3v) is 4.64. The van der Waals surface area contributed by atoms with Crippen molar-refractivity contribution in [2.45, 2.75) is 56.4 Å². The Balaban J connectivity index is 1.93. The maximum Gasteiger partial charge on any atom is 0.122 e. The van der Waals surface area contributed by atoms with E-state index in [2.05, 4.69) is 18.2 Å². The van der Waals surface area contributed by atoms with Crippen molar-refractivity contribution in [2.24, 2.45) is 5.73 Å². The highest BCUT2D eigenvalue weighted by atomic mass is 16.5. The molecule has 2 N–H and O–H groups in total. The first-order chi connectivity index (χ1) is 8.73. The molecule has 0 bridgehead atoms. The number of benzene rings is 1. The fourth-order valence-corrected chi connectivity index (χ4v) is 3.20. The van der Waals surface area contributed by atoms with Crippen LogP contribution in [0, 0.1) is 0 Å². The van der Waals surface area contributed by atoms with Gasteiger partial charge in [-0.05, 0) is 54.9 Å². The standard InChI is InChI=1S/C16H23NO/c1-18-15-8-7-13(16(17)9-10-16)11-14(15)12-5-3-2-4-6-12/h7-8,11-12H,2-6,9-10,17H2,1H3. The number of nitrogens with two attached hydrogens (primary N) is 1. The molecule has 0 amide bonds. The Hall–Kier alpha value is -1.02. The summed E-state index contributed by atoms with van der Waals surface area (Å²) in [5.74, 6) is 1.73. The number of hydrogen-bond donors (Lipinski definition) is 1. The molecule has 0 unspecified atom stereocenters. The van der Waals surface area contributed by atoms with E-state index in [0.29, 0.717) is 5.92 Å².